The molecule has 0 atom stereocenters. The number of benzene rings is 1. The van der Waals surface area contributed by atoms with Crippen molar-refractivity contribution in [1.29, 1.82) is 5.26 Å². The minimum absolute atomic E-state index is 0.0124. The molecule has 1 heterocycles. The second kappa shape index (κ2) is 6.63. The Morgan fingerprint density at radius 3 is 2.61 bits per heavy atom. The molecule has 2 rings (SSSR count). The van der Waals surface area contributed by atoms with Gasteiger partial charge < -0.3 is 5.11 Å². The second-order valence-corrected chi connectivity index (χ2v) is 5.67. The lowest BCUT2D eigenvalue weighted by molar-refractivity contribution is 0.386. The summed E-state index contributed by atoms with van der Waals surface area (Å²) in [6.07, 6.45) is 0. The number of pyridine rings is 1. The quantitative estimate of drug-likeness (QED) is 0.846. The molecule has 0 spiro atoms. The zero-order valence-electron chi connectivity index (χ0n) is 12.9. The Morgan fingerprint density at radius 1 is 1.35 bits per heavy atom. The largest absolute Gasteiger partial charge is 0.493 e. The molecule has 0 saturated carbocycles. The van der Waals surface area contributed by atoms with E-state index in [0.717, 1.165) is 4.57 Å². The maximum absolute atomic E-state index is 12.5. The van der Waals surface area contributed by atoms with E-state index >= 15 is 0 Å². The summed E-state index contributed by atoms with van der Waals surface area (Å²) in [6, 6.07) is 8.29. The molecular formula is C16H15ClN4O2. The maximum Gasteiger partial charge on any atom is 0.281 e. The van der Waals surface area contributed by atoms with E-state index in [0.29, 0.717) is 10.7 Å². The summed E-state index contributed by atoms with van der Waals surface area (Å²) >= 11 is 5.88. The van der Waals surface area contributed by atoms with E-state index in [9.17, 15) is 15.2 Å². The van der Waals surface area contributed by atoms with Crippen LogP contribution in [0.5, 0.6) is 5.88 Å². The number of azo groups is 1. The summed E-state index contributed by atoms with van der Waals surface area (Å²) in [5.41, 5.74) is 0.308. The average Bonchev–Trinajstić information content (AvgIpc) is 2.47. The third-order valence-corrected chi connectivity index (χ3v) is 3.54. The van der Waals surface area contributed by atoms with Crippen LogP contribution in [0.25, 0.3) is 0 Å². The zero-order valence-corrected chi connectivity index (χ0v) is 13.7. The van der Waals surface area contributed by atoms with Crippen molar-refractivity contribution in [1.82, 2.24) is 4.57 Å². The molecule has 118 valence electrons. The monoisotopic (exact) mass is 330 g/mol. The lowest BCUT2D eigenvalue weighted by atomic mass is 10.1. The minimum Gasteiger partial charge on any atom is -0.493 e. The van der Waals surface area contributed by atoms with E-state index in [-0.39, 0.29) is 28.7 Å². The van der Waals surface area contributed by atoms with Crippen LogP contribution in [0.4, 0.5) is 11.4 Å². The van der Waals surface area contributed by atoms with Crippen LogP contribution in [-0.4, -0.2) is 9.67 Å². The van der Waals surface area contributed by atoms with Crippen LogP contribution in [0, 0.1) is 18.3 Å². The summed E-state index contributed by atoms with van der Waals surface area (Å²) < 4.78 is 1.12. The summed E-state index contributed by atoms with van der Waals surface area (Å²) in [7, 11) is 0. The number of rotatable bonds is 3. The fraction of sp³-hybridized carbons (Fsp3) is 0.250. The third kappa shape index (κ3) is 3.25. The maximum atomic E-state index is 12.5. The van der Waals surface area contributed by atoms with Gasteiger partial charge in [-0.05, 0) is 39.0 Å². The number of aromatic hydroxyl groups is 1. The molecule has 0 fully saturated rings. The Bertz CT molecular complexity index is 879. The van der Waals surface area contributed by atoms with Crippen molar-refractivity contribution in [3.63, 3.8) is 0 Å². The van der Waals surface area contributed by atoms with Gasteiger partial charge in [0.05, 0.1) is 5.69 Å². The van der Waals surface area contributed by atoms with Gasteiger partial charge in [0.15, 0.2) is 5.69 Å². The molecule has 1 aromatic heterocycles. The molecular weight excluding hydrogens is 316 g/mol. The van der Waals surface area contributed by atoms with Crippen LogP contribution in [0.15, 0.2) is 39.3 Å². The smallest absolute Gasteiger partial charge is 0.281 e. The molecule has 1 N–H and O–H groups in total. The molecule has 0 unspecified atom stereocenters. The molecule has 0 aliphatic carbocycles. The van der Waals surface area contributed by atoms with Crippen LogP contribution >= 0.6 is 11.6 Å². The first-order valence-corrected chi connectivity index (χ1v) is 7.30. The number of halogens is 1. The average molecular weight is 331 g/mol. The standard InChI is InChI=1S/C16H15ClN4O2/c1-9(2)21-15(22)13(8-18)10(3)14(16(21)23)20-19-12-6-4-5-11(17)7-12/h4-7,9,22H,1-3H3. The van der Waals surface area contributed by atoms with Crippen LogP contribution in [0.1, 0.15) is 31.0 Å². The van der Waals surface area contributed by atoms with Gasteiger partial charge in [0, 0.05) is 16.6 Å². The van der Waals surface area contributed by atoms with E-state index in [1.54, 1.807) is 45.0 Å². The Labute approximate surface area is 138 Å². The van der Waals surface area contributed by atoms with E-state index in [1.165, 1.54) is 0 Å². The highest BCUT2D eigenvalue weighted by atomic mass is 35.5. The van der Waals surface area contributed by atoms with Crippen molar-refractivity contribution < 1.29 is 5.11 Å². The van der Waals surface area contributed by atoms with Crippen LogP contribution in [0.2, 0.25) is 5.02 Å². The topological polar surface area (TPSA) is 90.7 Å². The Morgan fingerprint density at radius 2 is 2.04 bits per heavy atom. The van der Waals surface area contributed by atoms with Crippen LogP contribution in [-0.2, 0) is 0 Å². The zero-order chi connectivity index (χ0) is 17.1. The predicted octanol–water partition coefficient (Wildman–Crippen LogP) is 4.38. The van der Waals surface area contributed by atoms with Crippen molar-refractivity contribution in [3.8, 4) is 11.9 Å². The minimum atomic E-state index is -0.500. The number of nitrogens with zero attached hydrogens (tertiary/aromatic N) is 4. The van der Waals surface area contributed by atoms with Crippen molar-refractivity contribution >= 4 is 23.0 Å². The molecule has 1 aromatic carbocycles. The summed E-state index contributed by atoms with van der Waals surface area (Å²) in [5, 5.41) is 27.8. The van der Waals surface area contributed by atoms with E-state index in [1.807, 2.05) is 6.07 Å². The van der Waals surface area contributed by atoms with Gasteiger partial charge in [-0.3, -0.25) is 9.36 Å². The van der Waals surface area contributed by atoms with Crippen LogP contribution < -0.4 is 5.56 Å². The molecule has 6 nitrogen and oxygen atoms in total. The number of hydrogen-bond donors (Lipinski definition) is 1. The summed E-state index contributed by atoms with van der Waals surface area (Å²) in [5.74, 6) is -0.355. The van der Waals surface area contributed by atoms with Crippen molar-refractivity contribution in [3.05, 3.63) is 50.8 Å². The molecule has 2 aromatic rings. The first kappa shape index (κ1) is 16.7. The lowest BCUT2D eigenvalue weighted by Gasteiger charge is -2.15. The molecule has 0 amide bonds. The molecule has 23 heavy (non-hydrogen) atoms. The van der Waals surface area contributed by atoms with Gasteiger partial charge in [-0.25, -0.2) is 0 Å². The second-order valence-electron chi connectivity index (χ2n) is 5.23. The van der Waals surface area contributed by atoms with E-state index < -0.39 is 5.56 Å². The highest BCUT2D eigenvalue weighted by Crippen LogP contribution is 2.29. The van der Waals surface area contributed by atoms with Gasteiger partial charge in [-0.2, -0.15) is 10.4 Å². The molecule has 0 saturated heterocycles. The molecule has 0 aliphatic rings. The molecule has 0 radical (unpaired) electrons. The van der Waals surface area contributed by atoms with E-state index in [4.69, 9.17) is 11.6 Å². The van der Waals surface area contributed by atoms with Gasteiger partial charge >= 0.3 is 0 Å². The predicted molar refractivity (Wildman–Crippen MR) is 87.8 cm³/mol. The third-order valence-electron chi connectivity index (χ3n) is 3.31. The number of aromatic nitrogens is 1. The highest BCUT2D eigenvalue weighted by molar-refractivity contribution is 6.30. The number of hydrogen-bond acceptors (Lipinski definition) is 5. The first-order chi connectivity index (χ1) is 10.9. The summed E-state index contributed by atoms with van der Waals surface area (Å²) in [6.45, 7) is 5.02. The Hall–Kier alpha value is -2.65. The van der Waals surface area contributed by atoms with Crippen molar-refractivity contribution in [2.45, 2.75) is 26.8 Å². The van der Waals surface area contributed by atoms with Gasteiger partial charge in [0.2, 0.25) is 5.88 Å². The van der Waals surface area contributed by atoms with Gasteiger partial charge in [-0.15, -0.1) is 5.11 Å². The highest BCUT2D eigenvalue weighted by Gasteiger charge is 2.20. The Balaban J connectivity index is 2.65. The fourth-order valence-electron chi connectivity index (χ4n) is 2.15. The normalized spacial score (nSPS) is 11.1. The van der Waals surface area contributed by atoms with Gasteiger partial charge in [0.25, 0.3) is 5.56 Å². The van der Waals surface area contributed by atoms with Gasteiger partial charge in [0.1, 0.15) is 11.6 Å². The van der Waals surface area contributed by atoms with Crippen molar-refractivity contribution in [2.24, 2.45) is 10.2 Å². The van der Waals surface area contributed by atoms with Gasteiger partial charge in [-0.1, -0.05) is 17.7 Å². The first-order valence-electron chi connectivity index (χ1n) is 6.92. The number of nitriles is 1. The fourth-order valence-corrected chi connectivity index (χ4v) is 2.34. The molecule has 0 bridgehead atoms. The SMILES string of the molecule is Cc1c(C#N)c(O)n(C(C)C)c(=O)c1N=Nc1cccc(Cl)c1. The Kier molecular flexibility index (Phi) is 4.82. The lowest BCUT2D eigenvalue weighted by Crippen LogP contribution is -2.23. The summed E-state index contributed by atoms with van der Waals surface area (Å²) in [4.78, 5) is 12.5. The molecule has 0 aliphatic heterocycles. The van der Waals surface area contributed by atoms with Crippen LogP contribution in [0.3, 0.4) is 0 Å². The van der Waals surface area contributed by atoms with Crippen molar-refractivity contribution in [2.75, 3.05) is 0 Å². The van der Waals surface area contributed by atoms with E-state index in [2.05, 4.69) is 10.2 Å². The molecule has 7 heteroatoms.